The minimum absolute atomic E-state index is 0.406. The SMILES string of the molecule is CCCC[C@H](NC(=O)Nc1ccc(Br)c(OC)c1)C(=O)O. The van der Waals surface area contributed by atoms with Crippen LogP contribution in [0.4, 0.5) is 10.5 Å². The third kappa shape index (κ3) is 5.63. The van der Waals surface area contributed by atoms with Gasteiger partial charge in [-0.05, 0) is 34.5 Å². The lowest BCUT2D eigenvalue weighted by Gasteiger charge is -2.15. The maximum Gasteiger partial charge on any atom is 0.326 e. The number of benzene rings is 1. The Bertz CT molecular complexity index is 508. The van der Waals surface area contributed by atoms with E-state index in [9.17, 15) is 9.59 Å². The van der Waals surface area contributed by atoms with Gasteiger partial charge in [-0.25, -0.2) is 9.59 Å². The van der Waals surface area contributed by atoms with E-state index in [2.05, 4.69) is 26.6 Å². The molecule has 0 heterocycles. The molecule has 0 aromatic heterocycles. The second-order valence-corrected chi connectivity index (χ2v) is 5.34. The molecule has 1 rings (SSSR count). The van der Waals surface area contributed by atoms with E-state index in [0.29, 0.717) is 17.9 Å². The molecule has 2 amide bonds. The molecule has 0 bridgehead atoms. The molecule has 1 aromatic rings. The number of carbonyl (C=O) groups is 2. The first-order valence-corrected chi connectivity index (χ1v) is 7.41. The highest BCUT2D eigenvalue weighted by atomic mass is 79.9. The summed E-state index contributed by atoms with van der Waals surface area (Å²) in [5.41, 5.74) is 0.521. The van der Waals surface area contributed by atoms with Gasteiger partial charge in [-0.15, -0.1) is 0 Å². The van der Waals surface area contributed by atoms with E-state index in [1.54, 1.807) is 18.2 Å². The van der Waals surface area contributed by atoms with Crippen LogP contribution in [0.15, 0.2) is 22.7 Å². The summed E-state index contributed by atoms with van der Waals surface area (Å²) in [6, 6.07) is 3.63. The molecule has 0 aliphatic rings. The monoisotopic (exact) mass is 358 g/mol. The summed E-state index contributed by atoms with van der Waals surface area (Å²) >= 11 is 3.31. The summed E-state index contributed by atoms with van der Waals surface area (Å²) in [5, 5.41) is 14.1. The summed E-state index contributed by atoms with van der Waals surface area (Å²) in [4.78, 5) is 22.9. The molecule has 116 valence electrons. The van der Waals surface area contributed by atoms with Crippen molar-refractivity contribution in [3.8, 4) is 5.75 Å². The number of carboxylic acids is 1. The fourth-order valence-electron chi connectivity index (χ4n) is 1.73. The topological polar surface area (TPSA) is 87.7 Å². The predicted molar refractivity (Wildman–Crippen MR) is 83.8 cm³/mol. The van der Waals surface area contributed by atoms with Crippen molar-refractivity contribution in [1.82, 2.24) is 5.32 Å². The van der Waals surface area contributed by atoms with Gasteiger partial charge in [0.25, 0.3) is 0 Å². The van der Waals surface area contributed by atoms with Crippen LogP contribution in [-0.4, -0.2) is 30.3 Å². The van der Waals surface area contributed by atoms with Gasteiger partial charge < -0.3 is 20.5 Å². The molecule has 0 saturated carbocycles. The zero-order valence-corrected chi connectivity index (χ0v) is 13.6. The first-order chi connectivity index (χ1) is 9.97. The highest BCUT2D eigenvalue weighted by Gasteiger charge is 2.19. The van der Waals surface area contributed by atoms with Crippen LogP contribution in [0.3, 0.4) is 0 Å². The van der Waals surface area contributed by atoms with Crippen LogP contribution in [0.25, 0.3) is 0 Å². The number of hydrogen-bond acceptors (Lipinski definition) is 3. The Morgan fingerprint density at radius 2 is 2.14 bits per heavy atom. The Labute approximate surface area is 132 Å². The molecular weight excluding hydrogens is 340 g/mol. The lowest BCUT2D eigenvalue weighted by molar-refractivity contribution is -0.139. The lowest BCUT2D eigenvalue weighted by Crippen LogP contribution is -2.42. The molecule has 7 heteroatoms. The number of halogens is 1. The molecule has 6 nitrogen and oxygen atoms in total. The standard InChI is InChI=1S/C14H19BrN2O4/c1-3-4-5-11(13(18)19)17-14(20)16-9-6-7-10(15)12(8-9)21-2/h6-8,11H,3-5H2,1-2H3,(H,18,19)(H2,16,17,20)/t11-/m0/s1. The quantitative estimate of drug-likeness (QED) is 0.698. The van der Waals surface area contributed by atoms with Crippen LogP contribution >= 0.6 is 15.9 Å². The van der Waals surface area contributed by atoms with Gasteiger partial charge in [0.05, 0.1) is 11.6 Å². The van der Waals surface area contributed by atoms with E-state index < -0.39 is 18.0 Å². The van der Waals surface area contributed by atoms with E-state index >= 15 is 0 Å². The number of aliphatic carboxylic acids is 1. The molecular formula is C14H19BrN2O4. The highest BCUT2D eigenvalue weighted by Crippen LogP contribution is 2.27. The summed E-state index contributed by atoms with van der Waals surface area (Å²) in [7, 11) is 1.52. The number of carbonyl (C=O) groups excluding carboxylic acids is 1. The van der Waals surface area contributed by atoms with Gasteiger partial charge in [0, 0.05) is 11.8 Å². The number of unbranched alkanes of at least 4 members (excludes halogenated alkanes) is 1. The first-order valence-electron chi connectivity index (χ1n) is 6.61. The number of urea groups is 1. The second-order valence-electron chi connectivity index (χ2n) is 4.48. The number of methoxy groups -OCH3 is 1. The van der Waals surface area contributed by atoms with Crippen LogP contribution in [0, 0.1) is 0 Å². The summed E-state index contributed by atoms with van der Waals surface area (Å²) in [6.07, 6.45) is 2.02. The normalized spacial score (nSPS) is 11.6. The smallest absolute Gasteiger partial charge is 0.326 e. The Hall–Kier alpha value is -1.76. The molecule has 0 saturated heterocycles. The summed E-state index contributed by atoms with van der Waals surface area (Å²) in [5.74, 6) is -0.458. The lowest BCUT2D eigenvalue weighted by atomic mass is 10.1. The van der Waals surface area contributed by atoms with Gasteiger partial charge in [-0.1, -0.05) is 19.8 Å². The number of carboxylic acid groups (broad SMARTS) is 1. The van der Waals surface area contributed by atoms with Crippen molar-refractivity contribution in [2.75, 3.05) is 12.4 Å². The van der Waals surface area contributed by atoms with Gasteiger partial charge in [0.15, 0.2) is 0 Å². The van der Waals surface area contributed by atoms with Crippen LogP contribution in [0.2, 0.25) is 0 Å². The third-order valence-electron chi connectivity index (χ3n) is 2.86. The van der Waals surface area contributed by atoms with Crippen molar-refractivity contribution in [3.05, 3.63) is 22.7 Å². The number of hydrogen-bond donors (Lipinski definition) is 3. The number of anilines is 1. The van der Waals surface area contributed by atoms with E-state index in [1.807, 2.05) is 6.92 Å². The Morgan fingerprint density at radius 1 is 1.43 bits per heavy atom. The first kappa shape index (κ1) is 17.3. The number of ether oxygens (including phenoxy) is 1. The molecule has 0 aliphatic carbocycles. The van der Waals surface area contributed by atoms with Gasteiger partial charge in [-0.3, -0.25) is 0 Å². The zero-order valence-electron chi connectivity index (χ0n) is 12.0. The Balaban J connectivity index is 2.65. The summed E-state index contributed by atoms with van der Waals surface area (Å²) < 4.78 is 5.89. The minimum Gasteiger partial charge on any atom is -0.495 e. The molecule has 3 N–H and O–H groups in total. The van der Waals surface area contributed by atoms with Gasteiger partial charge in [0.2, 0.25) is 0 Å². The summed E-state index contributed by atoms with van der Waals surface area (Å²) in [6.45, 7) is 1.97. The van der Waals surface area contributed by atoms with Gasteiger partial charge in [-0.2, -0.15) is 0 Å². The van der Waals surface area contributed by atoms with Gasteiger partial charge >= 0.3 is 12.0 Å². The van der Waals surface area contributed by atoms with Crippen molar-refractivity contribution in [1.29, 1.82) is 0 Å². The highest BCUT2D eigenvalue weighted by molar-refractivity contribution is 9.10. The molecule has 1 atom stereocenters. The fraction of sp³-hybridized carbons (Fsp3) is 0.429. The third-order valence-corrected chi connectivity index (χ3v) is 3.51. The van der Waals surface area contributed by atoms with Crippen LogP contribution in [-0.2, 0) is 4.79 Å². The van der Waals surface area contributed by atoms with Crippen molar-refractivity contribution in [2.45, 2.75) is 32.2 Å². The van der Waals surface area contributed by atoms with Crippen LogP contribution in [0.1, 0.15) is 26.2 Å². The fourth-order valence-corrected chi connectivity index (χ4v) is 2.14. The van der Waals surface area contributed by atoms with E-state index in [-0.39, 0.29) is 0 Å². The van der Waals surface area contributed by atoms with Crippen LogP contribution in [0.5, 0.6) is 5.75 Å². The van der Waals surface area contributed by atoms with Gasteiger partial charge in [0.1, 0.15) is 11.8 Å². The molecule has 0 spiro atoms. The van der Waals surface area contributed by atoms with E-state index in [4.69, 9.17) is 9.84 Å². The molecule has 21 heavy (non-hydrogen) atoms. The van der Waals surface area contributed by atoms with Crippen molar-refractivity contribution in [3.63, 3.8) is 0 Å². The number of nitrogens with one attached hydrogen (secondary N) is 2. The number of rotatable bonds is 7. The van der Waals surface area contributed by atoms with Crippen molar-refractivity contribution < 1.29 is 19.4 Å². The average Bonchev–Trinajstić information content (AvgIpc) is 2.45. The van der Waals surface area contributed by atoms with Crippen LogP contribution < -0.4 is 15.4 Å². The molecule has 1 aromatic carbocycles. The number of amides is 2. The zero-order chi connectivity index (χ0) is 15.8. The molecule has 0 aliphatic heterocycles. The molecule has 0 radical (unpaired) electrons. The maximum atomic E-state index is 11.8. The molecule has 0 unspecified atom stereocenters. The van der Waals surface area contributed by atoms with E-state index in [1.165, 1.54) is 7.11 Å². The maximum absolute atomic E-state index is 11.8. The minimum atomic E-state index is -1.04. The largest absolute Gasteiger partial charge is 0.495 e. The second kappa shape index (κ2) is 8.51. The average molecular weight is 359 g/mol. The Morgan fingerprint density at radius 3 is 2.71 bits per heavy atom. The van der Waals surface area contributed by atoms with Crippen molar-refractivity contribution >= 4 is 33.6 Å². The predicted octanol–water partition coefficient (Wildman–Crippen LogP) is 3.22. The molecule has 0 fully saturated rings. The van der Waals surface area contributed by atoms with Crippen molar-refractivity contribution in [2.24, 2.45) is 0 Å². The van der Waals surface area contributed by atoms with E-state index in [0.717, 1.165) is 17.3 Å². The Kier molecular flexibility index (Phi) is 7.01.